The first-order valence-corrected chi connectivity index (χ1v) is 4.75. The SMILES string of the molecule is C=CC(=O)OCCN(C(=O)C=C)C(C)C. The van der Waals surface area contributed by atoms with Gasteiger partial charge in [0, 0.05) is 12.1 Å². The fourth-order valence-electron chi connectivity index (χ4n) is 1.04. The number of esters is 1. The zero-order valence-corrected chi connectivity index (χ0v) is 9.23. The molecule has 84 valence electrons. The zero-order chi connectivity index (χ0) is 11.8. The van der Waals surface area contributed by atoms with E-state index in [0.29, 0.717) is 6.54 Å². The van der Waals surface area contributed by atoms with Gasteiger partial charge in [-0.05, 0) is 19.9 Å². The molecule has 1 amide bonds. The van der Waals surface area contributed by atoms with E-state index in [2.05, 4.69) is 13.2 Å². The van der Waals surface area contributed by atoms with Crippen molar-refractivity contribution in [1.82, 2.24) is 4.90 Å². The predicted octanol–water partition coefficient (Wildman–Crippen LogP) is 1.14. The van der Waals surface area contributed by atoms with Crippen LogP contribution < -0.4 is 0 Å². The number of ether oxygens (including phenoxy) is 1. The third-order valence-corrected chi connectivity index (χ3v) is 1.82. The summed E-state index contributed by atoms with van der Waals surface area (Å²) in [5.74, 6) is -0.649. The number of carbonyl (C=O) groups is 2. The molecule has 0 heterocycles. The number of hydrogen-bond acceptors (Lipinski definition) is 3. The van der Waals surface area contributed by atoms with Crippen LogP contribution in [0.5, 0.6) is 0 Å². The highest BCUT2D eigenvalue weighted by Gasteiger charge is 2.13. The minimum Gasteiger partial charge on any atom is -0.461 e. The summed E-state index contributed by atoms with van der Waals surface area (Å²) in [7, 11) is 0. The maximum absolute atomic E-state index is 11.3. The van der Waals surface area contributed by atoms with E-state index < -0.39 is 5.97 Å². The van der Waals surface area contributed by atoms with Crippen LogP contribution in [0.3, 0.4) is 0 Å². The van der Waals surface area contributed by atoms with Gasteiger partial charge in [0.25, 0.3) is 0 Å². The Morgan fingerprint density at radius 3 is 2.33 bits per heavy atom. The second kappa shape index (κ2) is 6.81. The van der Waals surface area contributed by atoms with Crippen LogP contribution in [0.1, 0.15) is 13.8 Å². The fraction of sp³-hybridized carbons (Fsp3) is 0.455. The maximum Gasteiger partial charge on any atom is 0.330 e. The lowest BCUT2D eigenvalue weighted by molar-refractivity contribution is -0.140. The molecular weight excluding hydrogens is 194 g/mol. The minimum atomic E-state index is -0.482. The van der Waals surface area contributed by atoms with Crippen LogP contribution >= 0.6 is 0 Å². The molecule has 0 bridgehead atoms. The summed E-state index contributed by atoms with van der Waals surface area (Å²) in [6, 6.07) is 0.0536. The molecule has 0 aromatic heterocycles. The van der Waals surface area contributed by atoms with Crippen molar-refractivity contribution in [2.24, 2.45) is 0 Å². The number of hydrogen-bond donors (Lipinski definition) is 0. The van der Waals surface area contributed by atoms with Gasteiger partial charge in [0.1, 0.15) is 6.61 Å². The van der Waals surface area contributed by atoms with Crippen molar-refractivity contribution in [3.8, 4) is 0 Å². The summed E-state index contributed by atoms with van der Waals surface area (Å²) >= 11 is 0. The Morgan fingerprint density at radius 1 is 1.33 bits per heavy atom. The van der Waals surface area contributed by atoms with Crippen LogP contribution in [0.25, 0.3) is 0 Å². The highest BCUT2D eigenvalue weighted by atomic mass is 16.5. The summed E-state index contributed by atoms with van der Waals surface area (Å²) in [6.45, 7) is 11.0. The lowest BCUT2D eigenvalue weighted by Gasteiger charge is -2.24. The van der Waals surface area contributed by atoms with Crippen molar-refractivity contribution in [2.45, 2.75) is 19.9 Å². The summed E-state index contributed by atoms with van der Waals surface area (Å²) in [6.07, 6.45) is 2.34. The van der Waals surface area contributed by atoms with Gasteiger partial charge in [-0.25, -0.2) is 4.79 Å². The first-order chi connectivity index (χ1) is 7.02. The molecule has 0 saturated heterocycles. The van der Waals surface area contributed by atoms with Crippen molar-refractivity contribution in [3.05, 3.63) is 25.3 Å². The maximum atomic E-state index is 11.3. The Kier molecular flexibility index (Phi) is 6.09. The van der Waals surface area contributed by atoms with Crippen molar-refractivity contribution < 1.29 is 14.3 Å². The van der Waals surface area contributed by atoms with Gasteiger partial charge in [-0.3, -0.25) is 4.79 Å². The van der Waals surface area contributed by atoms with Crippen molar-refractivity contribution in [2.75, 3.05) is 13.2 Å². The van der Waals surface area contributed by atoms with Crippen molar-refractivity contribution in [3.63, 3.8) is 0 Å². The molecule has 0 radical (unpaired) electrons. The Morgan fingerprint density at radius 2 is 1.93 bits per heavy atom. The molecule has 0 aliphatic rings. The molecule has 0 N–H and O–H groups in total. The zero-order valence-electron chi connectivity index (χ0n) is 9.23. The lowest BCUT2D eigenvalue weighted by atomic mass is 10.3. The van der Waals surface area contributed by atoms with Crippen LogP contribution in [-0.2, 0) is 14.3 Å². The van der Waals surface area contributed by atoms with Gasteiger partial charge < -0.3 is 9.64 Å². The molecule has 0 atom stereocenters. The predicted molar refractivity (Wildman–Crippen MR) is 58.2 cm³/mol. The summed E-state index contributed by atoms with van der Waals surface area (Å²) < 4.78 is 4.78. The Labute approximate surface area is 90.2 Å². The molecule has 0 aliphatic heterocycles. The number of carbonyl (C=O) groups excluding carboxylic acids is 2. The number of amides is 1. The van der Waals surface area contributed by atoms with E-state index in [1.54, 1.807) is 4.90 Å². The Hall–Kier alpha value is -1.58. The van der Waals surface area contributed by atoms with E-state index in [9.17, 15) is 9.59 Å². The van der Waals surface area contributed by atoms with Crippen LogP contribution in [0.4, 0.5) is 0 Å². The average molecular weight is 211 g/mol. The van der Waals surface area contributed by atoms with Gasteiger partial charge in [-0.1, -0.05) is 13.2 Å². The molecule has 0 aliphatic carbocycles. The van der Waals surface area contributed by atoms with E-state index in [1.807, 2.05) is 13.8 Å². The largest absolute Gasteiger partial charge is 0.461 e. The number of rotatable bonds is 6. The summed E-state index contributed by atoms with van der Waals surface area (Å²) in [5.41, 5.74) is 0. The third kappa shape index (κ3) is 5.00. The fourth-order valence-corrected chi connectivity index (χ4v) is 1.04. The second-order valence-electron chi connectivity index (χ2n) is 3.20. The summed E-state index contributed by atoms with van der Waals surface area (Å²) in [4.78, 5) is 23.7. The topological polar surface area (TPSA) is 46.6 Å². The van der Waals surface area contributed by atoms with Gasteiger partial charge in [-0.15, -0.1) is 0 Å². The van der Waals surface area contributed by atoms with Gasteiger partial charge in [0.05, 0.1) is 6.54 Å². The van der Waals surface area contributed by atoms with Crippen LogP contribution in [0, 0.1) is 0 Å². The molecular formula is C11H17NO3. The van der Waals surface area contributed by atoms with Crippen LogP contribution in [-0.4, -0.2) is 36.0 Å². The average Bonchev–Trinajstić information content (AvgIpc) is 2.22. The monoisotopic (exact) mass is 211 g/mol. The summed E-state index contributed by atoms with van der Waals surface area (Å²) in [5, 5.41) is 0. The number of nitrogens with zero attached hydrogens (tertiary/aromatic N) is 1. The van der Waals surface area contributed by atoms with Gasteiger partial charge in [-0.2, -0.15) is 0 Å². The van der Waals surface area contributed by atoms with Gasteiger partial charge >= 0.3 is 5.97 Å². The second-order valence-corrected chi connectivity index (χ2v) is 3.20. The molecule has 4 heteroatoms. The molecule has 0 unspecified atom stereocenters. The quantitative estimate of drug-likeness (QED) is 0.489. The molecule has 15 heavy (non-hydrogen) atoms. The van der Waals surface area contributed by atoms with E-state index in [1.165, 1.54) is 6.08 Å². The first-order valence-electron chi connectivity index (χ1n) is 4.75. The highest BCUT2D eigenvalue weighted by molar-refractivity contribution is 5.87. The first kappa shape index (κ1) is 13.4. The molecule has 0 fully saturated rings. The van der Waals surface area contributed by atoms with E-state index in [0.717, 1.165) is 6.08 Å². The standard InChI is InChI=1S/C11H17NO3/c1-5-10(13)12(9(3)4)7-8-15-11(14)6-2/h5-6,9H,1-2,7-8H2,3-4H3. The molecule has 0 aromatic carbocycles. The minimum absolute atomic E-state index is 0.0536. The van der Waals surface area contributed by atoms with Gasteiger partial charge in [0.2, 0.25) is 5.91 Å². The van der Waals surface area contributed by atoms with Crippen molar-refractivity contribution in [1.29, 1.82) is 0 Å². The molecule has 0 aromatic rings. The Bertz CT molecular complexity index is 259. The lowest BCUT2D eigenvalue weighted by Crippen LogP contribution is -2.38. The van der Waals surface area contributed by atoms with Crippen LogP contribution in [0.2, 0.25) is 0 Å². The smallest absolute Gasteiger partial charge is 0.330 e. The third-order valence-electron chi connectivity index (χ3n) is 1.82. The van der Waals surface area contributed by atoms with E-state index in [4.69, 9.17) is 4.74 Å². The molecule has 0 rings (SSSR count). The van der Waals surface area contributed by atoms with E-state index >= 15 is 0 Å². The van der Waals surface area contributed by atoms with Crippen molar-refractivity contribution >= 4 is 11.9 Å². The van der Waals surface area contributed by atoms with Crippen LogP contribution in [0.15, 0.2) is 25.3 Å². The molecule has 0 spiro atoms. The Balaban J connectivity index is 4.08. The molecule has 0 saturated carbocycles. The highest BCUT2D eigenvalue weighted by Crippen LogP contribution is 1.99. The van der Waals surface area contributed by atoms with Gasteiger partial charge in [0.15, 0.2) is 0 Å². The van der Waals surface area contributed by atoms with E-state index in [-0.39, 0.29) is 18.6 Å². The molecule has 4 nitrogen and oxygen atoms in total. The normalized spacial score (nSPS) is 9.53.